The highest BCUT2D eigenvalue weighted by Crippen LogP contribution is 2.15. The van der Waals surface area contributed by atoms with Crippen molar-refractivity contribution in [3.63, 3.8) is 0 Å². The maximum Gasteiger partial charge on any atom is 0.0843 e. The number of hydrogen-bond acceptors (Lipinski definition) is 2. The predicted molar refractivity (Wildman–Crippen MR) is 71.0 cm³/mol. The highest BCUT2D eigenvalue weighted by atomic mass is 16.3. The van der Waals surface area contributed by atoms with Crippen LogP contribution in [0.3, 0.4) is 0 Å². The summed E-state index contributed by atoms with van der Waals surface area (Å²) >= 11 is 0. The van der Waals surface area contributed by atoms with Gasteiger partial charge in [-0.2, -0.15) is 0 Å². The maximum atomic E-state index is 9.89. The Hall–Kier alpha value is -1.58. The van der Waals surface area contributed by atoms with E-state index in [1.165, 1.54) is 5.39 Å². The Bertz CT molecular complexity index is 490. The molecular weight excluding hydrogens is 212 g/mol. The molecule has 0 saturated carbocycles. The van der Waals surface area contributed by atoms with E-state index in [4.69, 9.17) is 0 Å². The van der Waals surface area contributed by atoms with Gasteiger partial charge in [0.05, 0.1) is 6.10 Å². The van der Waals surface area contributed by atoms with Crippen molar-refractivity contribution in [3.8, 4) is 0 Å². The van der Waals surface area contributed by atoms with Gasteiger partial charge in [0.2, 0.25) is 0 Å². The molecule has 90 valence electrons. The van der Waals surface area contributed by atoms with Crippen LogP contribution in [0, 0.1) is 0 Å². The smallest absolute Gasteiger partial charge is 0.0843 e. The third-order valence-corrected chi connectivity index (χ3v) is 2.76. The molecule has 2 rings (SSSR count). The molecule has 17 heavy (non-hydrogen) atoms. The van der Waals surface area contributed by atoms with Crippen LogP contribution < -0.4 is 5.32 Å². The first kappa shape index (κ1) is 11.9. The number of aliphatic hydroxyl groups excluding tert-OH is 1. The molecule has 1 heterocycles. The van der Waals surface area contributed by atoms with Crippen LogP contribution in [-0.4, -0.2) is 28.9 Å². The lowest BCUT2D eigenvalue weighted by atomic mass is 10.2. The van der Waals surface area contributed by atoms with Crippen LogP contribution in [0.2, 0.25) is 0 Å². The van der Waals surface area contributed by atoms with Crippen molar-refractivity contribution in [3.05, 3.63) is 49.2 Å². The van der Waals surface area contributed by atoms with Gasteiger partial charge >= 0.3 is 0 Å². The summed E-state index contributed by atoms with van der Waals surface area (Å²) in [6.45, 7) is 5.54. The molecular formula is C14H18N2O. The first-order valence-electron chi connectivity index (χ1n) is 5.85. The Morgan fingerprint density at radius 1 is 1.35 bits per heavy atom. The highest BCUT2D eigenvalue weighted by Gasteiger charge is 2.06. The molecule has 3 nitrogen and oxygen atoms in total. The number of para-hydroxylation sites is 1. The molecule has 1 aromatic heterocycles. The van der Waals surface area contributed by atoms with E-state index in [9.17, 15) is 5.11 Å². The molecule has 0 saturated heterocycles. The van der Waals surface area contributed by atoms with E-state index in [0.717, 1.165) is 12.1 Å². The van der Waals surface area contributed by atoms with Gasteiger partial charge in [0.15, 0.2) is 0 Å². The fourth-order valence-electron chi connectivity index (χ4n) is 1.94. The fourth-order valence-corrected chi connectivity index (χ4v) is 1.94. The van der Waals surface area contributed by atoms with E-state index < -0.39 is 0 Å². The van der Waals surface area contributed by atoms with E-state index in [1.54, 1.807) is 6.08 Å². The van der Waals surface area contributed by atoms with Crippen molar-refractivity contribution < 1.29 is 5.11 Å². The minimum Gasteiger partial charge on any atom is -0.390 e. The molecule has 0 aliphatic carbocycles. The Balaban J connectivity index is 2.00. The quantitative estimate of drug-likeness (QED) is 0.586. The molecule has 0 radical (unpaired) electrons. The van der Waals surface area contributed by atoms with Gasteiger partial charge in [-0.15, -0.1) is 6.58 Å². The number of rotatable bonds is 6. The zero-order valence-electron chi connectivity index (χ0n) is 9.84. The molecule has 2 aromatic rings. The number of fused-ring (bicyclic) bond motifs is 1. The van der Waals surface area contributed by atoms with Gasteiger partial charge in [0.1, 0.15) is 0 Å². The molecule has 1 aromatic carbocycles. The van der Waals surface area contributed by atoms with E-state index in [1.807, 2.05) is 18.3 Å². The molecule has 2 N–H and O–H groups in total. The average molecular weight is 230 g/mol. The molecule has 0 aliphatic heterocycles. The zero-order valence-corrected chi connectivity index (χ0v) is 9.84. The van der Waals surface area contributed by atoms with Gasteiger partial charge in [-0.3, -0.25) is 0 Å². The molecule has 0 fully saturated rings. The zero-order chi connectivity index (χ0) is 12.1. The molecule has 0 spiro atoms. The van der Waals surface area contributed by atoms with E-state index in [-0.39, 0.29) is 6.10 Å². The van der Waals surface area contributed by atoms with Gasteiger partial charge in [0, 0.05) is 31.3 Å². The van der Waals surface area contributed by atoms with Crippen LogP contribution in [-0.2, 0) is 6.54 Å². The van der Waals surface area contributed by atoms with Crippen LogP contribution in [0.4, 0.5) is 0 Å². The SMILES string of the molecule is C=CCNCC(O)Cn1ccc2ccccc21. The normalized spacial score (nSPS) is 12.8. The average Bonchev–Trinajstić information content (AvgIpc) is 2.73. The standard InChI is InChI=1S/C14H18N2O/c1-2-8-15-10-13(17)11-16-9-7-12-5-3-4-6-14(12)16/h2-7,9,13,15,17H,1,8,10-11H2. The predicted octanol–water partition coefficient (Wildman–Crippen LogP) is 1.78. The Labute approximate surface area is 101 Å². The minimum atomic E-state index is -0.384. The Kier molecular flexibility index (Phi) is 3.96. The van der Waals surface area contributed by atoms with Crippen molar-refractivity contribution >= 4 is 10.9 Å². The van der Waals surface area contributed by atoms with Crippen molar-refractivity contribution in [2.45, 2.75) is 12.6 Å². The third-order valence-electron chi connectivity index (χ3n) is 2.76. The number of aromatic nitrogens is 1. The van der Waals surface area contributed by atoms with Gasteiger partial charge in [-0.05, 0) is 17.5 Å². The number of aliphatic hydroxyl groups is 1. The largest absolute Gasteiger partial charge is 0.390 e. The number of hydrogen-bond donors (Lipinski definition) is 2. The first-order chi connectivity index (χ1) is 8.31. The summed E-state index contributed by atoms with van der Waals surface area (Å²) in [6.07, 6.45) is 3.42. The number of nitrogens with one attached hydrogen (secondary N) is 1. The molecule has 0 aliphatic rings. The topological polar surface area (TPSA) is 37.2 Å². The third kappa shape index (κ3) is 2.96. The van der Waals surface area contributed by atoms with Crippen molar-refractivity contribution in [1.82, 2.24) is 9.88 Å². The molecule has 0 bridgehead atoms. The molecule has 1 atom stereocenters. The number of benzene rings is 1. The summed E-state index contributed by atoms with van der Waals surface area (Å²) in [5.41, 5.74) is 1.16. The van der Waals surface area contributed by atoms with E-state index in [2.05, 4.69) is 34.7 Å². The molecule has 1 unspecified atom stereocenters. The summed E-state index contributed by atoms with van der Waals surface area (Å²) in [5.74, 6) is 0. The van der Waals surface area contributed by atoms with Gasteiger partial charge in [0.25, 0.3) is 0 Å². The van der Waals surface area contributed by atoms with Crippen LogP contribution in [0.5, 0.6) is 0 Å². The monoisotopic (exact) mass is 230 g/mol. The second-order valence-electron chi connectivity index (χ2n) is 4.13. The van der Waals surface area contributed by atoms with Crippen molar-refractivity contribution in [1.29, 1.82) is 0 Å². The maximum absolute atomic E-state index is 9.89. The lowest BCUT2D eigenvalue weighted by molar-refractivity contribution is 0.154. The summed E-state index contributed by atoms with van der Waals surface area (Å²) in [4.78, 5) is 0. The summed E-state index contributed by atoms with van der Waals surface area (Å²) < 4.78 is 2.08. The van der Waals surface area contributed by atoms with Crippen LogP contribution in [0.15, 0.2) is 49.2 Å². The summed E-state index contributed by atoms with van der Waals surface area (Å²) in [6, 6.07) is 10.3. The molecule has 3 heteroatoms. The Morgan fingerprint density at radius 3 is 3.00 bits per heavy atom. The van der Waals surface area contributed by atoms with Gasteiger partial charge < -0.3 is 15.0 Å². The van der Waals surface area contributed by atoms with Gasteiger partial charge in [-0.25, -0.2) is 0 Å². The minimum absolute atomic E-state index is 0.384. The van der Waals surface area contributed by atoms with Crippen LogP contribution in [0.1, 0.15) is 0 Å². The van der Waals surface area contributed by atoms with Crippen molar-refractivity contribution in [2.24, 2.45) is 0 Å². The van der Waals surface area contributed by atoms with E-state index >= 15 is 0 Å². The fraction of sp³-hybridized carbons (Fsp3) is 0.286. The Morgan fingerprint density at radius 2 is 2.18 bits per heavy atom. The lowest BCUT2D eigenvalue weighted by Crippen LogP contribution is -2.30. The van der Waals surface area contributed by atoms with Crippen molar-refractivity contribution in [2.75, 3.05) is 13.1 Å². The lowest BCUT2D eigenvalue weighted by Gasteiger charge is -2.13. The van der Waals surface area contributed by atoms with Crippen LogP contribution >= 0.6 is 0 Å². The first-order valence-corrected chi connectivity index (χ1v) is 5.85. The number of nitrogens with zero attached hydrogens (tertiary/aromatic N) is 1. The second-order valence-corrected chi connectivity index (χ2v) is 4.13. The molecule has 0 amide bonds. The van der Waals surface area contributed by atoms with Crippen LogP contribution in [0.25, 0.3) is 10.9 Å². The highest BCUT2D eigenvalue weighted by molar-refractivity contribution is 5.79. The summed E-state index contributed by atoms with van der Waals surface area (Å²) in [7, 11) is 0. The van der Waals surface area contributed by atoms with Gasteiger partial charge in [-0.1, -0.05) is 24.3 Å². The summed E-state index contributed by atoms with van der Waals surface area (Å²) in [5, 5.41) is 14.2. The van der Waals surface area contributed by atoms with E-state index in [0.29, 0.717) is 13.1 Å². The second kappa shape index (κ2) is 5.66.